The van der Waals surface area contributed by atoms with Crippen LogP contribution in [0, 0.1) is 5.92 Å². The predicted octanol–water partition coefficient (Wildman–Crippen LogP) is 2.07. The summed E-state index contributed by atoms with van der Waals surface area (Å²) in [7, 11) is 0. The van der Waals surface area contributed by atoms with Crippen LogP contribution in [0.5, 0.6) is 0 Å². The molecule has 2 rings (SSSR count). The van der Waals surface area contributed by atoms with Crippen molar-refractivity contribution in [2.45, 2.75) is 52.6 Å². The van der Waals surface area contributed by atoms with Crippen LogP contribution in [0.25, 0.3) is 0 Å². The second-order valence-electron chi connectivity index (χ2n) is 6.14. The number of likely N-dealkylation sites (tertiary alicyclic amines) is 1. The normalized spacial score (nSPS) is 18.0. The van der Waals surface area contributed by atoms with Crippen LogP contribution in [0.3, 0.4) is 0 Å². The summed E-state index contributed by atoms with van der Waals surface area (Å²) in [6.07, 6.45) is 5.50. The first kappa shape index (κ1) is 15.4. The molecule has 0 saturated carbocycles. The third kappa shape index (κ3) is 4.28. The third-order valence-corrected chi connectivity index (χ3v) is 4.07. The number of aromatic nitrogens is 3. The lowest BCUT2D eigenvalue weighted by atomic mass is 9.97. The molecule has 2 heterocycles. The average Bonchev–Trinajstić information content (AvgIpc) is 2.89. The summed E-state index contributed by atoms with van der Waals surface area (Å²) in [6, 6.07) is 0.392. The summed E-state index contributed by atoms with van der Waals surface area (Å²) in [5, 5.41) is 7.86. The van der Waals surface area contributed by atoms with E-state index in [4.69, 9.17) is 0 Å². The predicted molar refractivity (Wildman–Crippen MR) is 81.6 cm³/mol. The van der Waals surface area contributed by atoms with Crippen LogP contribution in [0.2, 0.25) is 0 Å². The van der Waals surface area contributed by atoms with E-state index in [-0.39, 0.29) is 0 Å². The number of nitrogens with one attached hydrogen (secondary N) is 1. The van der Waals surface area contributed by atoms with Gasteiger partial charge in [0.25, 0.3) is 0 Å². The monoisotopic (exact) mass is 279 g/mol. The minimum absolute atomic E-state index is 0.392. The molecule has 1 fully saturated rings. The first-order chi connectivity index (χ1) is 9.70. The molecule has 0 aromatic carbocycles. The van der Waals surface area contributed by atoms with Crippen molar-refractivity contribution in [1.82, 2.24) is 25.0 Å². The molecule has 0 radical (unpaired) electrons. The fourth-order valence-corrected chi connectivity index (χ4v) is 2.85. The van der Waals surface area contributed by atoms with Gasteiger partial charge >= 0.3 is 0 Å². The molecule has 1 N–H and O–H groups in total. The molecule has 0 amide bonds. The van der Waals surface area contributed by atoms with Gasteiger partial charge < -0.3 is 5.32 Å². The van der Waals surface area contributed by atoms with E-state index in [0.29, 0.717) is 6.04 Å². The van der Waals surface area contributed by atoms with E-state index >= 15 is 0 Å². The van der Waals surface area contributed by atoms with Gasteiger partial charge in [-0.15, -0.1) is 0 Å². The van der Waals surface area contributed by atoms with Gasteiger partial charge in [0, 0.05) is 6.04 Å². The van der Waals surface area contributed by atoms with Crippen LogP contribution < -0.4 is 5.32 Å². The summed E-state index contributed by atoms with van der Waals surface area (Å²) in [5.74, 6) is 1.95. The van der Waals surface area contributed by atoms with Crippen LogP contribution in [0.1, 0.15) is 51.9 Å². The van der Waals surface area contributed by atoms with Crippen molar-refractivity contribution in [2.24, 2.45) is 5.92 Å². The molecule has 1 aliphatic heterocycles. The van der Waals surface area contributed by atoms with Gasteiger partial charge in [-0.1, -0.05) is 6.92 Å². The van der Waals surface area contributed by atoms with Crippen LogP contribution in [0.15, 0.2) is 6.33 Å². The Labute approximate surface area is 122 Å². The van der Waals surface area contributed by atoms with Gasteiger partial charge in [0.2, 0.25) is 0 Å². The van der Waals surface area contributed by atoms with E-state index < -0.39 is 0 Å². The fourth-order valence-electron chi connectivity index (χ4n) is 2.85. The molecule has 114 valence electrons. The standard InChI is InChI=1S/C15H29N5/c1-4-7-16-10-14-5-8-19(9-6-14)11-15-17-12-18-20(15)13(2)3/h12-14,16H,4-11H2,1-3H3. The van der Waals surface area contributed by atoms with Crippen LogP contribution in [-0.4, -0.2) is 45.8 Å². The van der Waals surface area contributed by atoms with Crippen LogP contribution in [-0.2, 0) is 6.54 Å². The Morgan fingerprint density at radius 2 is 2.10 bits per heavy atom. The number of nitrogens with zero attached hydrogens (tertiary/aromatic N) is 4. The van der Waals surface area contributed by atoms with Gasteiger partial charge in [-0.25, -0.2) is 9.67 Å². The lowest BCUT2D eigenvalue weighted by molar-refractivity contribution is 0.169. The Kier molecular flexibility index (Phi) is 5.98. The number of hydrogen-bond donors (Lipinski definition) is 1. The molecule has 0 aliphatic carbocycles. The van der Waals surface area contributed by atoms with E-state index in [1.165, 1.54) is 38.9 Å². The molecular formula is C15H29N5. The lowest BCUT2D eigenvalue weighted by Gasteiger charge is -2.31. The number of hydrogen-bond acceptors (Lipinski definition) is 4. The maximum absolute atomic E-state index is 4.41. The highest BCUT2D eigenvalue weighted by Gasteiger charge is 2.20. The largest absolute Gasteiger partial charge is 0.316 e. The van der Waals surface area contributed by atoms with Gasteiger partial charge in [-0.3, -0.25) is 4.90 Å². The molecule has 1 aliphatic rings. The SMILES string of the molecule is CCCNCC1CCN(Cc2ncnn2C(C)C)CC1. The van der Waals surface area contributed by atoms with Gasteiger partial charge in [0.15, 0.2) is 0 Å². The molecule has 0 bridgehead atoms. The quantitative estimate of drug-likeness (QED) is 0.776. The Morgan fingerprint density at radius 3 is 2.75 bits per heavy atom. The minimum Gasteiger partial charge on any atom is -0.316 e. The Hall–Kier alpha value is -0.940. The maximum Gasteiger partial charge on any atom is 0.141 e. The van der Waals surface area contributed by atoms with E-state index in [1.807, 2.05) is 4.68 Å². The van der Waals surface area contributed by atoms with E-state index in [1.54, 1.807) is 6.33 Å². The van der Waals surface area contributed by atoms with Crippen molar-refractivity contribution in [2.75, 3.05) is 26.2 Å². The molecule has 20 heavy (non-hydrogen) atoms. The highest BCUT2D eigenvalue weighted by Crippen LogP contribution is 2.18. The van der Waals surface area contributed by atoms with Crippen molar-refractivity contribution >= 4 is 0 Å². The lowest BCUT2D eigenvalue weighted by Crippen LogP contribution is -2.37. The van der Waals surface area contributed by atoms with E-state index in [0.717, 1.165) is 24.8 Å². The second kappa shape index (κ2) is 7.74. The van der Waals surface area contributed by atoms with E-state index in [2.05, 4.69) is 41.1 Å². The van der Waals surface area contributed by atoms with Crippen molar-refractivity contribution in [3.63, 3.8) is 0 Å². The third-order valence-electron chi connectivity index (χ3n) is 4.07. The zero-order valence-corrected chi connectivity index (χ0v) is 13.2. The first-order valence-corrected chi connectivity index (χ1v) is 8.02. The van der Waals surface area contributed by atoms with E-state index in [9.17, 15) is 0 Å². The molecule has 0 spiro atoms. The number of piperidine rings is 1. The van der Waals surface area contributed by atoms with Gasteiger partial charge in [-0.05, 0) is 65.2 Å². The minimum atomic E-state index is 0.392. The van der Waals surface area contributed by atoms with Crippen molar-refractivity contribution in [1.29, 1.82) is 0 Å². The molecular weight excluding hydrogens is 250 g/mol. The highest BCUT2D eigenvalue weighted by atomic mass is 15.4. The molecule has 5 heteroatoms. The van der Waals surface area contributed by atoms with Crippen LogP contribution >= 0.6 is 0 Å². The zero-order valence-electron chi connectivity index (χ0n) is 13.2. The summed E-state index contributed by atoms with van der Waals surface area (Å²) in [4.78, 5) is 6.92. The first-order valence-electron chi connectivity index (χ1n) is 8.02. The summed E-state index contributed by atoms with van der Waals surface area (Å²) in [6.45, 7) is 12.2. The van der Waals surface area contributed by atoms with Gasteiger partial charge in [-0.2, -0.15) is 5.10 Å². The summed E-state index contributed by atoms with van der Waals surface area (Å²) in [5.41, 5.74) is 0. The second-order valence-corrected chi connectivity index (χ2v) is 6.14. The van der Waals surface area contributed by atoms with Crippen molar-refractivity contribution in [3.05, 3.63) is 12.2 Å². The molecule has 0 atom stereocenters. The summed E-state index contributed by atoms with van der Waals surface area (Å²) >= 11 is 0. The van der Waals surface area contributed by atoms with Gasteiger partial charge in [0.1, 0.15) is 12.2 Å². The zero-order chi connectivity index (χ0) is 14.4. The summed E-state index contributed by atoms with van der Waals surface area (Å²) < 4.78 is 2.04. The average molecular weight is 279 g/mol. The van der Waals surface area contributed by atoms with Crippen LogP contribution in [0.4, 0.5) is 0 Å². The number of rotatable bonds is 7. The highest BCUT2D eigenvalue weighted by molar-refractivity contribution is 4.88. The molecule has 0 unspecified atom stereocenters. The van der Waals surface area contributed by atoms with Gasteiger partial charge in [0.05, 0.1) is 6.54 Å². The van der Waals surface area contributed by atoms with Crippen molar-refractivity contribution in [3.8, 4) is 0 Å². The Balaban J connectivity index is 1.75. The topological polar surface area (TPSA) is 46.0 Å². The van der Waals surface area contributed by atoms with Crippen molar-refractivity contribution < 1.29 is 0 Å². The fraction of sp³-hybridized carbons (Fsp3) is 0.867. The molecule has 1 aromatic rings. The smallest absolute Gasteiger partial charge is 0.141 e. The molecule has 1 saturated heterocycles. The Morgan fingerprint density at radius 1 is 1.35 bits per heavy atom. The Bertz CT molecular complexity index is 379. The molecule has 5 nitrogen and oxygen atoms in total. The maximum atomic E-state index is 4.41. The molecule has 1 aromatic heterocycles.